The van der Waals surface area contributed by atoms with Gasteiger partial charge in [0.05, 0.1) is 30.7 Å². The molecule has 1 amide bonds. The third kappa shape index (κ3) is 5.03. The molecule has 0 aliphatic rings. The van der Waals surface area contributed by atoms with Crippen LogP contribution in [0, 0.1) is 0 Å². The Labute approximate surface area is 162 Å². The fourth-order valence-electron chi connectivity index (χ4n) is 2.18. The summed E-state index contributed by atoms with van der Waals surface area (Å²) < 4.78 is 40.0. The predicted molar refractivity (Wildman–Crippen MR) is 100.0 cm³/mol. The lowest BCUT2D eigenvalue weighted by Crippen LogP contribution is -2.41. The summed E-state index contributed by atoms with van der Waals surface area (Å²) in [7, 11) is -1.16. The third-order valence-corrected chi connectivity index (χ3v) is 4.98. The normalized spacial score (nSPS) is 11.0. The summed E-state index contributed by atoms with van der Waals surface area (Å²) in [5.74, 6) is 0.336. The lowest BCUT2D eigenvalue weighted by molar-refractivity contribution is 0.0944. The molecule has 10 heteroatoms. The van der Waals surface area contributed by atoms with Crippen LogP contribution in [0.5, 0.6) is 17.2 Å². The van der Waals surface area contributed by atoms with E-state index in [9.17, 15) is 13.2 Å². The fraction of sp³-hybridized carbons (Fsp3) is 0.235. The van der Waals surface area contributed by atoms with Gasteiger partial charge in [0, 0.05) is 5.56 Å². The molecule has 2 aromatic carbocycles. The van der Waals surface area contributed by atoms with Gasteiger partial charge in [-0.3, -0.25) is 10.2 Å². The number of hydrogen-bond donors (Lipinski definition) is 2. The molecule has 27 heavy (non-hydrogen) atoms. The Bertz CT molecular complexity index is 916. The van der Waals surface area contributed by atoms with Gasteiger partial charge in [-0.15, -0.1) is 4.83 Å². The number of carbonyl (C=O) groups excluding carboxylic acids is 1. The highest BCUT2D eigenvalue weighted by Crippen LogP contribution is 2.35. The topological polar surface area (TPSA) is 103 Å². The van der Waals surface area contributed by atoms with Gasteiger partial charge in [-0.1, -0.05) is 11.6 Å². The molecule has 0 aliphatic heterocycles. The van der Waals surface area contributed by atoms with E-state index in [2.05, 4.69) is 5.43 Å². The van der Waals surface area contributed by atoms with Crippen LogP contribution in [-0.2, 0) is 10.0 Å². The lowest BCUT2D eigenvalue weighted by atomic mass is 10.2. The quantitative estimate of drug-likeness (QED) is 0.643. The van der Waals surface area contributed by atoms with Crippen molar-refractivity contribution >= 4 is 27.5 Å². The van der Waals surface area contributed by atoms with Gasteiger partial charge in [-0.05, 0) is 43.3 Å². The van der Waals surface area contributed by atoms with Crippen molar-refractivity contribution < 1.29 is 27.4 Å². The van der Waals surface area contributed by atoms with Gasteiger partial charge < -0.3 is 14.2 Å². The van der Waals surface area contributed by atoms with Crippen LogP contribution in [0.1, 0.15) is 17.3 Å². The molecule has 0 saturated carbocycles. The van der Waals surface area contributed by atoms with Crippen molar-refractivity contribution in [3.63, 3.8) is 0 Å². The predicted octanol–water partition coefficient (Wildman–Crippen LogP) is 2.38. The van der Waals surface area contributed by atoms with Gasteiger partial charge in [0.15, 0.2) is 11.5 Å². The van der Waals surface area contributed by atoms with Crippen molar-refractivity contribution in [1.29, 1.82) is 0 Å². The zero-order valence-corrected chi connectivity index (χ0v) is 16.5. The molecule has 0 aromatic heterocycles. The second-order valence-electron chi connectivity index (χ2n) is 5.16. The molecule has 146 valence electrons. The van der Waals surface area contributed by atoms with Crippen molar-refractivity contribution in [3.05, 3.63) is 47.0 Å². The number of hydrazine groups is 1. The van der Waals surface area contributed by atoms with Crippen molar-refractivity contribution in [2.45, 2.75) is 11.8 Å². The second kappa shape index (κ2) is 8.94. The van der Waals surface area contributed by atoms with Crippen LogP contribution in [0.2, 0.25) is 5.02 Å². The second-order valence-corrected chi connectivity index (χ2v) is 7.25. The number of sulfonamides is 1. The van der Waals surface area contributed by atoms with Crippen LogP contribution in [0.4, 0.5) is 0 Å². The average molecular weight is 415 g/mol. The zero-order chi connectivity index (χ0) is 20.0. The largest absolute Gasteiger partial charge is 0.494 e. The smallest absolute Gasteiger partial charge is 0.266 e. The molecular formula is C17H19ClN2O6S. The number of nitrogens with one attached hydrogen (secondary N) is 2. The first kappa shape index (κ1) is 20.8. The Morgan fingerprint density at radius 3 is 2.33 bits per heavy atom. The number of halogens is 1. The summed E-state index contributed by atoms with van der Waals surface area (Å²) in [4.78, 5) is 14.3. The molecule has 2 rings (SSSR count). The average Bonchev–Trinajstić information content (AvgIpc) is 2.66. The van der Waals surface area contributed by atoms with Crippen LogP contribution in [0.3, 0.4) is 0 Å². The molecule has 0 unspecified atom stereocenters. The molecule has 0 radical (unpaired) electrons. The third-order valence-electron chi connectivity index (χ3n) is 3.44. The summed E-state index contributed by atoms with van der Waals surface area (Å²) in [5.41, 5.74) is 2.22. The van der Waals surface area contributed by atoms with Gasteiger partial charge in [-0.25, -0.2) is 8.42 Å². The number of ether oxygens (including phenoxy) is 3. The van der Waals surface area contributed by atoms with Crippen molar-refractivity contribution in [1.82, 2.24) is 10.3 Å². The summed E-state index contributed by atoms with van der Waals surface area (Å²) >= 11 is 6.05. The Kier molecular flexibility index (Phi) is 6.89. The zero-order valence-electron chi connectivity index (χ0n) is 14.9. The molecule has 0 heterocycles. The van der Waals surface area contributed by atoms with Crippen molar-refractivity contribution in [2.24, 2.45) is 0 Å². The van der Waals surface area contributed by atoms with Gasteiger partial charge >= 0.3 is 0 Å². The fourth-order valence-corrected chi connectivity index (χ4v) is 3.30. The highest BCUT2D eigenvalue weighted by atomic mass is 35.5. The van der Waals surface area contributed by atoms with Crippen molar-refractivity contribution in [2.75, 3.05) is 20.8 Å². The van der Waals surface area contributed by atoms with E-state index in [-0.39, 0.29) is 27.0 Å². The number of benzene rings is 2. The van der Waals surface area contributed by atoms with Crippen LogP contribution < -0.4 is 24.5 Å². The van der Waals surface area contributed by atoms with Crippen LogP contribution >= 0.6 is 11.6 Å². The summed E-state index contributed by atoms with van der Waals surface area (Å²) in [6, 6.07) is 8.50. The first-order valence-electron chi connectivity index (χ1n) is 7.79. The molecule has 2 aromatic rings. The molecular weight excluding hydrogens is 396 g/mol. The maximum Gasteiger partial charge on any atom is 0.266 e. The maximum atomic E-state index is 12.3. The molecule has 0 spiro atoms. The summed E-state index contributed by atoms with van der Waals surface area (Å²) in [6.07, 6.45) is 0. The lowest BCUT2D eigenvalue weighted by Gasteiger charge is -2.12. The molecule has 0 bridgehead atoms. The van der Waals surface area contributed by atoms with E-state index in [1.54, 1.807) is 0 Å². The van der Waals surface area contributed by atoms with Crippen LogP contribution in [-0.4, -0.2) is 35.2 Å². The van der Waals surface area contributed by atoms with Gasteiger partial charge in [0.1, 0.15) is 5.75 Å². The van der Waals surface area contributed by atoms with E-state index in [4.69, 9.17) is 25.8 Å². The highest BCUT2D eigenvalue weighted by molar-refractivity contribution is 7.89. The molecule has 0 aliphatic carbocycles. The molecule has 8 nitrogen and oxygen atoms in total. The van der Waals surface area contributed by atoms with Crippen molar-refractivity contribution in [3.8, 4) is 17.2 Å². The first-order chi connectivity index (χ1) is 12.8. The summed E-state index contributed by atoms with van der Waals surface area (Å²) in [6.45, 7) is 2.29. The Morgan fingerprint density at radius 2 is 1.78 bits per heavy atom. The Morgan fingerprint density at radius 1 is 1.11 bits per heavy atom. The monoisotopic (exact) mass is 414 g/mol. The van der Waals surface area contributed by atoms with Gasteiger partial charge in [0.2, 0.25) is 0 Å². The number of amides is 1. The minimum absolute atomic E-state index is 0.0309. The van der Waals surface area contributed by atoms with Crippen LogP contribution in [0.15, 0.2) is 41.3 Å². The number of rotatable bonds is 8. The van der Waals surface area contributed by atoms with E-state index in [0.717, 1.165) is 0 Å². The van der Waals surface area contributed by atoms with Gasteiger partial charge in [-0.2, -0.15) is 0 Å². The van der Waals surface area contributed by atoms with Gasteiger partial charge in [0.25, 0.3) is 15.9 Å². The van der Waals surface area contributed by atoms with E-state index in [1.807, 2.05) is 11.8 Å². The minimum Gasteiger partial charge on any atom is -0.494 e. The SMILES string of the molecule is CCOc1ccc(S(=O)(=O)NNC(=O)c2cc(Cl)c(OC)c(OC)c2)cc1. The van der Waals surface area contributed by atoms with Crippen LogP contribution in [0.25, 0.3) is 0 Å². The van der Waals surface area contributed by atoms with E-state index in [1.165, 1.54) is 50.6 Å². The molecule has 2 N–H and O–H groups in total. The number of hydrogen-bond acceptors (Lipinski definition) is 6. The molecule has 0 atom stereocenters. The molecule has 0 fully saturated rings. The first-order valence-corrected chi connectivity index (χ1v) is 9.65. The van der Waals surface area contributed by atoms with E-state index < -0.39 is 15.9 Å². The maximum absolute atomic E-state index is 12.3. The Balaban J connectivity index is 2.13. The number of methoxy groups -OCH3 is 2. The minimum atomic E-state index is -3.96. The Hall–Kier alpha value is -2.49. The molecule has 0 saturated heterocycles. The highest BCUT2D eigenvalue weighted by Gasteiger charge is 2.18. The number of carbonyl (C=O) groups is 1. The van der Waals surface area contributed by atoms with E-state index >= 15 is 0 Å². The van der Waals surface area contributed by atoms with E-state index in [0.29, 0.717) is 12.4 Å². The standard InChI is InChI=1S/C17H19ClN2O6S/c1-4-26-12-5-7-13(8-6-12)27(22,23)20-19-17(21)11-9-14(18)16(25-3)15(10-11)24-2/h5-10,20H,4H2,1-3H3,(H,19,21). The summed E-state index contributed by atoms with van der Waals surface area (Å²) in [5, 5.41) is 0.149.